The minimum Gasteiger partial charge on any atom is -0.491 e. The maximum absolute atomic E-state index is 15.0. The van der Waals surface area contributed by atoms with Crippen molar-refractivity contribution in [2.75, 3.05) is 18.5 Å². The van der Waals surface area contributed by atoms with Gasteiger partial charge >= 0.3 is 11.9 Å². The molecule has 2 saturated heterocycles. The van der Waals surface area contributed by atoms with Gasteiger partial charge in [-0.1, -0.05) is 102 Å². The summed E-state index contributed by atoms with van der Waals surface area (Å²) in [6.07, 6.45) is -0.850. The molecule has 12 nitrogen and oxygen atoms in total. The van der Waals surface area contributed by atoms with Gasteiger partial charge in [0.2, 0.25) is 5.91 Å². The van der Waals surface area contributed by atoms with Gasteiger partial charge in [-0.15, -0.1) is 5.10 Å². The Morgan fingerprint density at radius 3 is 2.36 bits per heavy atom. The van der Waals surface area contributed by atoms with Gasteiger partial charge in [-0.2, -0.15) is 0 Å². The first-order valence-electron chi connectivity index (χ1n) is 18.3. The molecule has 0 bridgehead atoms. The van der Waals surface area contributed by atoms with Gasteiger partial charge in [0, 0.05) is 11.3 Å². The number of aliphatic carboxylic acids is 1. The molecule has 1 spiro atoms. The molecule has 0 radical (unpaired) electrons. The van der Waals surface area contributed by atoms with Crippen molar-refractivity contribution in [2.45, 2.75) is 36.2 Å². The Morgan fingerprint density at radius 1 is 0.857 bits per heavy atom. The number of fused-ring (bicyclic) bond motifs is 4. The minimum absolute atomic E-state index is 0.0220. The molecule has 2 fully saturated rings. The number of hydrogen-bond acceptors (Lipinski definition) is 9. The normalized spacial score (nSPS) is 23.8. The van der Waals surface area contributed by atoms with Crippen LogP contribution < -0.4 is 10.1 Å². The molecule has 56 heavy (non-hydrogen) atoms. The smallest absolute Gasteiger partial charge is 0.325 e. The van der Waals surface area contributed by atoms with Gasteiger partial charge in [-0.05, 0) is 64.7 Å². The number of nitrogens with one attached hydrogen (secondary N) is 1. The summed E-state index contributed by atoms with van der Waals surface area (Å²) in [5.74, 6) is 2.55. The van der Waals surface area contributed by atoms with Crippen LogP contribution in [-0.4, -0.2) is 67.2 Å². The van der Waals surface area contributed by atoms with E-state index in [0.717, 1.165) is 16.6 Å². The highest BCUT2D eigenvalue weighted by atomic mass is 16.6. The Morgan fingerprint density at radius 2 is 1.59 bits per heavy atom. The second-order valence-corrected chi connectivity index (χ2v) is 14.0. The SMILES string of the molecule is O=C1O[C@H](c2ccccc2)[C@H](c2ccccc2)N2[C@H]1[C@@H](C(=O)O)[C@]1(C(=O)Nc3ccc(C#CCn4nnc5ccccc54)cc31)[C@H]2c1cccc(OCCO)c1. The minimum atomic E-state index is -1.85. The van der Waals surface area contributed by atoms with Gasteiger partial charge in [0.1, 0.15) is 47.9 Å². The Hall–Kier alpha value is -6.81. The topological polar surface area (TPSA) is 156 Å². The molecule has 9 rings (SSSR count). The number of carbonyl (C=O) groups is 3. The molecule has 4 heterocycles. The summed E-state index contributed by atoms with van der Waals surface area (Å²) in [7, 11) is 0. The highest BCUT2D eigenvalue weighted by Crippen LogP contribution is 2.64. The number of para-hydroxylation sites is 1. The monoisotopic (exact) mass is 745 g/mol. The number of cyclic esters (lactones) is 1. The first-order valence-corrected chi connectivity index (χ1v) is 18.3. The lowest BCUT2D eigenvalue weighted by atomic mass is 9.65. The zero-order valence-corrected chi connectivity index (χ0v) is 29.9. The average molecular weight is 746 g/mol. The fourth-order valence-electron chi connectivity index (χ4n) is 8.84. The lowest BCUT2D eigenvalue weighted by molar-refractivity contribution is -0.179. The summed E-state index contributed by atoms with van der Waals surface area (Å²) < 4.78 is 13.8. The van der Waals surface area contributed by atoms with Crippen molar-refractivity contribution in [2.24, 2.45) is 5.92 Å². The number of hydrogen-bond donors (Lipinski definition) is 3. The van der Waals surface area contributed by atoms with E-state index in [9.17, 15) is 24.6 Å². The third-order valence-corrected chi connectivity index (χ3v) is 11.0. The van der Waals surface area contributed by atoms with E-state index < -0.39 is 53.4 Å². The molecular weight excluding hydrogens is 711 g/mol. The second-order valence-electron chi connectivity index (χ2n) is 14.0. The highest BCUT2D eigenvalue weighted by Gasteiger charge is 2.74. The number of carboxylic acids is 1. The zero-order valence-electron chi connectivity index (χ0n) is 29.9. The molecule has 12 heteroatoms. The number of rotatable bonds is 8. The lowest BCUT2D eigenvalue weighted by Crippen LogP contribution is -2.52. The van der Waals surface area contributed by atoms with Crippen LogP contribution in [0.15, 0.2) is 127 Å². The number of anilines is 1. The molecule has 278 valence electrons. The van der Waals surface area contributed by atoms with Crippen LogP contribution >= 0.6 is 0 Å². The van der Waals surface area contributed by atoms with E-state index in [2.05, 4.69) is 27.5 Å². The molecule has 1 aromatic heterocycles. The predicted octanol–water partition coefficient (Wildman–Crippen LogP) is 5.21. The number of carbonyl (C=O) groups excluding carboxylic acids is 2. The van der Waals surface area contributed by atoms with Crippen molar-refractivity contribution in [3.8, 4) is 17.6 Å². The number of morpholine rings is 1. The number of aromatic nitrogens is 3. The molecule has 0 aliphatic carbocycles. The van der Waals surface area contributed by atoms with Gasteiger partial charge in [-0.25, -0.2) is 4.68 Å². The van der Waals surface area contributed by atoms with Gasteiger partial charge < -0.3 is 25.0 Å². The summed E-state index contributed by atoms with van der Waals surface area (Å²) in [5.41, 5.74) is 3.15. The molecule has 6 aromatic rings. The van der Waals surface area contributed by atoms with E-state index in [1.165, 1.54) is 0 Å². The van der Waals surface area contributed by atoms with E-state index in [-0.39, 0.29) is 19.8 Å². The molecule has 0 saturated carbocycles. The molecule has 3 aliphatic rings. The van der Waals surface area contributed by atoms with E-state index in [1.807, 2.05) is 95.9 Å². The van der Waals surface area contributed by atoms with Crippen LogP contribution in [0.3, 0.4) is 0 Å². The van der Waals surface area contributed by atoms with Crippen LogP contribution in [-0.2, 0) is 31.1 Å². The maximum Gasteiger partial charge on any atom is 0.325 e. The maximum atomic E-state index is 15.0. The van der Waals surface area contributed by atoms with Crippen molar-refractivity contribution in [3.63, 3.8) is 0 Å². The van der Waals surface area contributed by atoms with E-state index >= 15 is 0 Å². The highest BCUT2D eigenvalue weighted by molar-refractivity contribution is 6.11. The summed E-state index contributed by atoms with van der Waals surface area (Å²) in [4.78, 5) is 45.3. The first kappa shape index (κ1) is 34.9. The molecule has 0 unspecified atom stereocenters. The van der Waals surface area contributed by atoms with E-state index in [0.29, 0.717) is 33.7 Å². The van der Waals surface area contributed by atoms with Crippen LogP contribution in [0.2, 0.25) is 0 Å². The molecule has 3 aliphatic heterocycles. The van der Waals surface area contributed by atoms with Crippen LogP contribution in [0.1, 0.15) is 46.0 Å². The van der Waals surface area contributed by atoms with Gasteiger partial charge in [0.15, 0.2) is 0 Å². The van der Waals surface area contributed by atoms with Gasteiger partial charge in [0.25, 0.3) is 0 Å². The fourth-order valence-corrected chi connectivity index (χ4v) is 8.84. The second kappa shape index (κ2) is 14.1. The summed E-state index contributed by atoms with van der Waals surface area (Å²) in [6.45, 7) is 0.0384. The molecule has 1 amide bonds. The number of benzene rings is 5. The summed E-state index contributed by atoms with van der Waals surface area (Å²) in [5, 5.41) is 32.3. The van der Waals surface area contributed by atoms with Crippen molar-refractivity contribution in [3.05, 3.63) is 155 Å². The third kappa shape index (κ3) is 5.59. The van der Waals surface area contributed by atoms with Gasteiger partial charge in [0.05, 0.1) is 24.2 Å². The zero-order chi connectivity index (χ0) is 38.4. The molecule has 6 atom stereocenters. The van der Waals surface area contributed by atoms with Gasteiger partial charge in [-0.3, -0.25) is 19.3 Å². The Bertz CT molecular complexity index is 2550. The predicted molar refractivity (Wildman–Crippen MR) is 204 cm³/mol. The Balaban J connectivity index is 1.26. The number of aliphatic hydroxyl groups is 1. The fraction of sp³-hybridized carbons (Fsp3) is 0.205. The third-order valence-electron chi connectivity index (χ3n) is 11.0. The molecule has 3 N–H and O–H groups in total. The average Bonchev–Trinajstić information content (AvgIpc) is 3.88. The number of ether oxygens (including phenoxy) is 2. The van der Waals surface area contributed by atoms with E-state index in [4.69, 9.17) is 9.47 Å². The molecule has 5 aromatic carbocycles. The number of aliphatic hydroxyl groups excluding tert-OH is 1. The standard InChI is InChI=1S/C44H35N5O7/c50-23-24-55-31-17-9-16-30(26-31)40-44(32-25-27(20-21-33(32)45-43(44)54)11-10-22-48-35-19-8-7-18-34(35)46-47-48)36(41(51)52)38-42(53)56-39(29-14-5-2-6-15-29)37(49(38)40)28-12-3-1-4-13-28/h1-9,12-21,25-26,36-40,50H,22-24H2,(H,45,54)(H,51,52)/t36-,37-,38-,39+,40+,44-/m0/s1. The van der Waals surface area contributed by atoms with Crippen molar-refractivity contribution in [1.29, 1.82) is 0 Å². The van der Waals surface area contributed by atoms with Crippen LogP contribution in [0.4, 0.5) is 5.69 Å². The van der Waals surface area contributed by atoms with Crippen LogP contribution in [0, 0.1) is 17.8 Å². The number of nitrogens with zero attached hydrogens (tertiary/aromatic N) is 4. The number of esters is 1. The summed E-state index contributed by atoms with van der Waals surface area (Å²) in [6, 6.07) is 35.6. The summed E-state index contributed by atoms with van der Waals surface area (Å²) >= 11 is 0. The quantitative estimate of drug-likeness (QED) is 0.140. The van der Waals surface area contributed by atoms with Crippen molar-refractivity contribution >= 4 is 34.6 Å². The molecular formula is C44H35N5O7. The van der Waals surface area contributed by atoms with Crippen molar-refractivity contribution in [1.82, 2.24) is 19.9 Å². The first-order chi connectivity index (χ1) is 27.4. The number of carboxylic acid groups (broad SMARTS) is 1. The number of amides is 1. The largest absolute Gasteiger partial charge is 0.491 e. The lowest BCUT2D eigenvalue weighted by Gasteiger charge is -2.46. The van der Waals surface area contributed by atoms with Crippen molar-refractivity contribution < 1.29 is 34.1 Å². The van der Waals surface area contributed by atoms with E-state index in [1.54, 1.807) is 41.1 Å². The Labute approximate surface area is 321 Å². The Kier molecular flexibility index (Phi) is 8.80. The van der Waals surface area contributed by atoms with Crippen LogP contribution in [0.5, 0.6) is 5.75 Å². The van der Waals surface area contributed by atoms with Crippen LogP contribution in [0.25, 0.3) is 11.0 Å².